The number of carboxylic acids is 1. The average Bonchev–Trinajstić information content (AvgIpc) is 2.17. The van der Waals surface area contributed by atoms with E-state index in [9.17, 15) is 9.90 Å². The molecule has 1 heterocycles. The fourth-order valence-corrected chi connectivity index (χ4v) is 0.928. The molecule has 0 aromatic carbocycles. The zero-order chi connectivity index (χ0) is 9.30. The summed E-state index contributed by atoms with van der Waals surface area (Å²) in [5, 5.41) is 21.6. The molecule has 12 heavy (non-hydrogen) atoms. The average molecular weight is 170 g/mol. The van der Waals surface area contributed by atoms with Gasteiger partial charge in [0, 0.05) is 7.05 Å². The first-order valence-electron chi connectivity index (χ1n) is 3.45. The SMILES string of the molecule is Cc1c(O)c(CC(=O)O)nn1C. The summed E-state index contributed by atoms with van der Waals surface area (Å²) in [6.07, 6.45) is -0.243. The van der Waals surface area contributed by atoms with Crippen molar-refractivity contribution in [2.24, 2.45) is 7.05 Å². The molecule has 0 atom stereocenters. The number of aryl methyl sites for hydroxylation is 1. The van der Waals surface area contributed by atoms with Crippen molar-refractivity contribution in [2.75, 3.05) is 0 Å². The van der Waals surface area contributed by atoms with Gasteiger partial charge in [-0.15, -0.1) is 0 Å². The number of aromatic hydroxyl groups is 1. The van der Waals surface area contributed by atoms with E-state index in [1.165, 1.54) is 4.68 Å². The van der Waals surface area contributed by atoms with Crippen LogP contribution in [0, 0.1) is 6.92 Å². The van der Waals surface area contributed by atoms with Gasteiger partial charge < -0.3 is 10.2 Å². The zero-order valence-corrected chi connectivity index (χ0v) is 6.90. The van der Waals surface area contributed by atoms with E-state index in [1.807, 2.05) is 0 Å². The molecule has 0 fully saturated rings. The Labute approximate surface area is 69.2 Å². The summed E-state index contributed by atoms with van der Waals surface area (Å²) in [6.45, 7) is 1.67. The monoisotopic (exact) mass is 170 g/mol. The van der Waals surface area contributed by atoms with E-state index in [0.717, 1.165) is 0 Å². The highest BCUT2D eigenvalue weighted by Gasteiger charge is 2.13. The van der Waals surface area contributed by atoms with Gasteiger partial charge in [0.1, 0.15) is 5.69 Å². The van der Waals surface area contributed by atoms with Crippen molar-refractivity contribution in [3.05, 3.63) is 11.4 Å². The Bertz CT molecular complexity index is 317. The lowest BCUT2D eigenvalue weighted by atomic mass is 10.2. The molecule has 0 spiro atoms. The zero-order valence-electron chi connectivity index (χ0n) is 6.90. The smallest absolute Gasteiger partial charge is 0.309 e. The molecule has 0 saturated heterocycles. The van der Waals surface area contributed by atoms with Gasteiger partial charge in [0.25, 0.3) is 0 Å². The van der Waals surface area contributed by atoms with Gasteiger partial charge >= 0.3 is 5.97 Å². The summed E-state index contributed by atoms with van der Waals surface area (Å²) in [4.78, 5) is 10.3. The molecule has 1 rings (SSSR count). The first kappa shape index (κ1) is 8.58. The Morgan fingerprint density at radius 1 is 1.67 bits per heavy atom. The molecule has 66 valence electrons. The van der Waals surface area contributed by atoms with Gasteiger partial charge in [-0.2, -0.15) is 5.10 Å². The van der Waals surface area contributed by atoms with Crippen LogP contribution in [-0.2, 0) is 18.3 Å². The van der Waals surface area contributed by atoms with Crippen LogP contribution in [0.15, 0.2) is 0 Å². The first-order valence-corrected chi connectivity index (χ1v) is 3.45. The Balaban J connectivity index is 3.01. The molecule has 0 aliphatic rings. The lowest BCUT2D eigenvalue weighted by Gasteiger charge is -1.90. The van der Waals surface area contributed by atoms with Crippen molar-refractivity contribution in [3.63, 3.8) is 0 Å². The van der Waals surface area contributed by atoms with E-state index >= 15 is 0 Å². The predicted octanol–water partition coefficient (Wildman–Crippen LogP) is 0.0612. The van der Waals surface area contributed by atoms with Gasteiger partial charge in [0.2, 0.25) is 0 Å². The third-order valence-electron chi connectivity index (χ3n) is 1.69. The fourth-order valence-electron chi connectivity index (χ4n) is 0.928. The molecule has 5 nitrogen and oxygen atoms in total. The summed E-state index contributed by atoms with van der Waals surface area (Å²) in [6, 6.07) is 0. The minimum atomic E-state index is -0.997. The summed E-state index contributed by atoms with van der Waals surface area (Å²) < 4.78 is 1.45. The number of carbonyl (C=O) groups is 1. The van der Waals surface area contributed by atoms with Gasteiger partial charge in [-0.25, -0.2) is 0 Å². The third-order valence-corrected chi connectivity index (χ3v) is 1.69. The van der Waals surface area contributed by atoms with Gasteiger partial charge in [0.05, 0.1) is 12.1 Å². The molecular formula is C7H10N2O3. The van der Waals surface area contributed by atoms with Crippen molar-refractivity contribution in [2.45, 2.75) is 13.3 Å². The number of carboxylic acid groups (broad SMARTS) is 1. The largest absolute Gasteiger partial charge is 0.504 e. The number of aliphatic carboxylic acids is 1. The molecule has 5 heteroatoms. The molecule has 1 aromatic heterocycles. The van der Waals surface area contributed by atoms with Gasteiger partial charge in [-0.1, -0.05) is 0 Å². The molecule has 0 aliphatic carbocycles. The Morgan fingerprint density at radius 3 is 2.58 bits per heavy atom. The highest BCUT2D eigenvalue weighted by molar-refractivity contribution is 5.70. The van der Waals surface area contributed by atoms with Gasteiger partial charge in [-0.05, 0) is 6.92 Å². The Hall–Kier alpha value is -1.52. The summed E-state index contributed by atoms with van der Waals surface area (Å²) in [5.41, 5.74) is 0.786. The minimum Gasteiger partial charge on any atom is -0.504 e. The fraction of sp³-hybridized carbons (Fsp3) is 0.429. The lowest BCUT2D eigenvalue weighted by molar-refractivity contribution is -0.136. The van der Waals surface area contributed by atoms with E-state index < -0.39 is 5.97 Å². The second-order valence-electron chi connectivity index (χ2n) is 2.57. The molecule has 0 amide bonds. The van der Waals surface area contributed by atoms with Crippen LogP contribution in [0.25, 0.3) is 0 Å². The van der Waals surface area contributed by atoms with Gasteiger partial charge in [0.15, 0.2) is 5.75 Å². The van der Waals surface area contributed by atoms with E-state index in [4.69, 9.17) is 5.11 Å². The summed E-state index contributed by atoms with van der Waals surface area (Å²) >= 11 is 0. The molecule has 0 aliphatic heterocycles. The molecular weight excluding hydrogens is 160 g/mol. The molecule has 0 saturated carbocycles. The van der Waals surface area contributed by atoms with Gasteiger partial charge in [-0.3, -0.25) is 9.48 Å². The molecule has 0 radical (unpaired) electrons. The standard InChI is InChI=1S/C7H10N2O3/c1-4-7(12)5(3-6(10)11)8-9(4)2/h12H,3H2,1-2H3,(H,10,11). The number of hydrogen-bond donors (Lipinski definition) is 2. The van der Waals surface area contributed by atoms with Crippen LogP contribution in [0.1, 0.15) is 11.4 Å². The quantitative estimate of drug-likeness (QED) is 0.658. The van der Waals surface area contributed by atoms with Crippen molar-refractivity contribution < 1.29 is 15.0 Å². The van der Waals surface area contributed by atoms with Crippen molar-refractivity contribution >= 4 is 5.97 Å². The Kier molecular flexibility index (Phi) is 2.03. The van der Waals surface area contributed by atoms with Crippen LogP contribution in [0.2, 0.25) is 0 Å². The van der Waals surface area contributed by atoms with Crippen molar-refractivity contribution in [3.8, 4) is 5.75 Å². The maximum Gasteiger partial charge on any atom is 0.309 e. The third kappa shape index (κ3) is 1.39. The predicted molar refractivity (Wildman–Crippen MR) is 40.9 cm³/mol. The van der Waals surface area contributed by atoms with Crippen LogP contribution in [0.3, 0.4) is 0 Å². The molecule has 0 unspecified atom stereocenters. The molecule has 1 aromatic rings. The van der Waals surface area contributed by atoms with Crippen molar-refractivity contribution in [1.29, 1.82) is 0 Å². The van der Waals surface area contributed by atoms with E-state index in [-0.39, 0.29) is 17.9 Å². The topological polar surface area (TPSA) is 75.3 Å². The highest BCUT2D eigenvalue weighted by Crippen LogP contribution is 2.20. The van der Waals surface area contributed by atoms with E-state index in [2.05, 4.69) is 5.10 Å². The number of rotatable bonds is 2. The Morgan fingerprint density at radius 2 is 2.25 bits per heavy atom. The summed E-state index contributed by atoms with van der Waals surface area (Å²) in [5.74, 6) is -1.02. The maximum atomic E-state index is 10.3. The second kappa shape index (κ2) is 2.84. The lowest BCUT2D eigenvalue weighted by Crippen LogP contribution is -2.01. The highest BCUT2D eigenvalue weighted by atomic mass is 16.4. The molecule has 2 N–H and O–H groups in total. The van der Waals surface area contributed by atoms with Crippen molar-refractivity contribution in [1.82, 2.24) is 9.78 Å². The molecule has 0 bridgehead atoms. The van der Waals surface area contributed by atoms with Crippen LogP contribution in [0.5, 0.6) is 5.75 Å². The second-order valence-corrected chi connectivity index (χ2v) is 2.57. The van der Waals surface area contributed by atoms with Crippen LogP contribution in [0.4, 0.5) is 0 Å². The van der Waals surface area contributed by atoms with E-state index in [0.29, 0.717) is 5.69 Å². The number of hydrogen-bond acceptors (Lipinski definition) is 3. The number of nitrogens with zero attached hydrogens (tertiary/aromatic N) is 2. The van der Waals surface area contributed by atoms with Crippen LogP contribution < -0.4 is 0 Å². The number of aromatic nitrogens is 2. The minimum absolute atomic E-state index is 0.0279. The normalized spacial score (nSPS) is 10.2. The summed E-state index contributed by atoms with van der Waals surface area (Å²) in [7, 11) is 1.65. The first-order chi connectivity index (χ1) is 5.52. The van der Waals surface area contributed by atoms with Crippen LogP contribution in [-0.4, -0.2) is 26.0 Å². The van der Waals surface area contributed by atoms with E-state index in [1.54, 1.807) is 14.0 Å². The maximum absolute atomic E-state index is 10.3. The van der Waals surface area contributed by atoms with Crippen LogP contribution >= 0.6 is 0 Å².